The van der Waals surface area contributed by atoms with Gasteiger partial charge in [0.2, 0.25) is 0 Å². The van der Waals surface area contributed by atoms with Crippen LogP contribution in [0, 0.1) is 0 Å². The first-order valence-electron chi connectivity index (χ1n) is 7.82. The third kappa shape index (κ3) is 6.85. The maximum absolute atomic E-state index is 2.31. The van der Waals surface area contributed by atoms with E-state index in [0.717, 1.165) is 3.71 Å². The summed E-state index contributed by atoms with van der Waals surface area (Å²) in [6.07, 6.45) is 6.94. The molecule has 2 aromatic rings. The van der Waals surface area contributed by atoms with Crippen molar-refractivity contribution in [1.82, 2.24) is 0 Å². The summed E-state index contributed by atoms with van der Waals surface area (Å²) in [4.78, 5) is 0. The van der Waals surface area contributed by atoms with Crippen molar-refractivity contribution in [2.45, 2.75) is 42.7 Å². The first-order chi connectivity index (χ1) is 10.4. The van der Waals surface area contributed by atoms with Crippen LogP contribution in [0.5, 0.6) is 0 Å². The quantitative estimate of drug-likeness (QED) is 0.436. The molecular formula is C19H24Se2. The van der Waals surface area contributed by atoms with E-state index in [1.165, 1.54) is 32.1 Å². The van der Waals surface area contributed by atoms with Gasteiger partial charge in [0.1, 0.15) is 0 Å². The van der Waals surface area contributed by atoms with Crippen molar-refractivity contribution in [1.29, 1.82) is 0 Å². The van der Waals surface area contributed by atoms with Gasteiger partial charge in [-0.2, -0.15) is 0 Å². The van der Waals surface area contributed by atoms with Gasteiger partial charge in [-0.15, -0.1) is 0 Å². The summed E-state index contributed by atoms with van der Waals surface area (Å²) in [6, 6.07) is 22.2. The third-order valence-electron chi connectivity index (χ3n) is 3.31. The predicted octanol–water partition coefficient (Wildman–Crippen LogP) is 3.76. The van der Waals surface area contributed by atoms with Gasteiger partial charge in [0.15, 0.2) is 0 Å². The minimum absolute atomic E-state index is 0.614. The number of hydrogen-bond donors (Lipinski definition) is 0. The molecule has 2 aromatic carbocycles. The van der Waals surface area contributed by atoms with Crippen LogP contribution in [0.1, 0.15) is 39.0 Å². The first-order valence-corrected chi connectivity index (χ1v) is 11.5. The van der Waals surface area contributed by atoms with Gasteiger partial charge in [0.25, 0.3) is 0 Å². The molecule has 21 heavy (non-hydrogen) atoms. The molecule has 0 atom stereocenters. The zero-order valence-electron chi connectivity index (χ0n) is 12.7. The molecular weight excluding hydrogens is 386 g/mol. The fraction of sp³-hybridized carbons (Fsp3) is 0.368. The first kappa shape index (κ1) is 16.8. The van der Waals surface area contributed by atoms with Crippen LogP contribution in [0.2, 0.25) is 3.71 Å². The van der Waals surface area contributed by atoms with Gasteiger partial charge < -0.3 is 0 Å². The van der Waals surface area contributed by atoms with Gasteiger partial charge in [0, 0.05) is 0 Å². The predicted molar refractivity (Wildman–Crippen MR) is 96.2 cm³/mol. The topological polar surface area (TPSA) is 0 Å². The summed E-state index contributed by atoms with van der Waals surface area (Å²) in [5.41, 5.74) is 0. The standard InChI is InChI=1S/C19H24Se2/c1-2-3-4-11-16-19(20-17-12-7-5-8-13-17)21-18-14-9-6-10-15-18/h5-10,12-15,19H,2-4,11,16H2,1H3. The van der Waals surface area contributed by atoms with Crippen molar-refractivity contribution in [3.8, 4) is 0 Å². The zero-order chi connectivity index (χ0) is 14.8. The van der Waals surface area contributed by atoms with Crippen LogP contribution in [-0.2, 0) is 0 Å². The Labute approximate surface area is 142 Å². The molecule has 2 heteroatoms. The molecule has 0 aliphatic carbocycles. The van der Waals surface area contributed by atoms with Gasteiger partial charge in [0.05, 0.1) is 0 Å². The Balaban J connectivity index is 1.93. The Morgan fingerprint density at radius 2 is 1.24 bits per heavy atom. The van der Waals surface area contributed by atoms with Crippen molar-refractivity contribution in [2.24, 2.45) is 0 Å². The van der Waals surface area contributed by atoms with Crippen LogP contribution in [-0.4, -0.2) is 29.9 Å². The molecule has 0 saturated heterocycles. The maximum atomic E-state index is 2.31. The van der Waals surface area contributed by atoms with Crippen LogP contribution >= 0.6 is 0 Å². The molecule has 0 aliphatic heterocycles. The summed E-state index contributed by atoms with van der Waals surface area (Å²) in [5.74, 6) is 0. The van der Waals surface area contributed by atoms with Gasteiger partial charge >= 0.3 is 142 Å². The Morgan fingerprint density at radius 1 is 0.714 bits per heavy atom. The van der Waals surface area contributed by atoms with Crippen molar-refractivity contribution < 1.29 is 0 Å². The molecule has 0 heterocycles. The molecule has 0 spiro atoms. The molecule has 0 unspecified atom stereocenters. The second-order valence-corrected chi connectivity index (χ2v) is 12.0. The van der Waals surface area contributed by atoms with Crippen LogP contribution in [0.25, 0.3) is 0 Å². The Morgan fingerprint density at radius 3 is 1.71 bits per heavy atom. The second kappa shape index (κ2) is 10.2. The van der Waals surface area contributed by atoms with E-state index in [4.69, 9.17) is 0 Å². The van der Waals surface area contributed by atoms with Crippen LogP contribution in [0.3, 0.4) is 0 Å². The van der Waals surface area contributed by atoms with Crippen molar-refractivity contribution in [3.05, 3.63) is 60.7 Å². The summed E-state index contributed by atoms with van der Waals surface area (Å²) in [7, 11) is 0. The Bertz CT molecular complexity index is 440. The summed E-state index contributed by atoms with van der Waals surface area (Å²) in [5, 5.41) is 0. The van der Waals surface area contributed by atoms with Crippen molar-refractivity contribution >= 4 is 38.8 Å². The molecule has 0 nitrogen and oxygen atoms in total. The van der Waals surface area contributed by atoms with Gasteiger partial charge in [-0.3, -0.25) is 0 Å². The summed E-state index contributed by atoms with van der Waals surface area (Å²) < 4.78 is 4.01. The van der Waals surface area contributed by atoms with E-state index in [1.54, 1.807) is 8.92 Å². The molecule has 0 radical (unpaired) electrons. The molecule has 2 rings (SSSR count). The van der Waals surface area contributed by atoms with Gasteiger partial charge in [-0.05, 0) is 0 Å². The molecule has 0 aliphatic rings. The van der Waals surface area contributed by atoms with E-state index >= 15 is 0 Å². The number of hydrogen-bond acceptors (Lipinski definition) is 0. The van der Waals surface area contributed by atoms with E-state index in [2.05, 4.69) is 67.6 Å². The van der Waals surface area contributed by atoms with E-state index in [9.17, 15) is 0 Å². The number of benzene rings is 2. The van der Waals surface area contributed by atoms with Crippen molar-refractivity contribution in [2.75, 3.05) is 0 Å². The SMILES string of the molecule is CCCCCCC([Se]c1ccccc1)[Se]c1ccccc1. The van der Waals surface area contributed by atoms with Gasteiger partial charge in [-0.25, -0.2) is 0 Å². The van der Waals surface area contributed by atoms with Gasteiger partial charge in [-0.1, -0.05) is 0 Å². The minimum atomic E-state index is 0.614. The van der Waals surface area contributed by atoms with E-state index < -0.39 is 0 Å². The zero-order valence-corrected chi connectivity index (χ0v) is 16.1. The number of unbranched alkanes of at least 4 members (excludes halogenated alkanes) is 3. The molecule has 112 valence electrons. The van der Waals surface area contributed by atoms with Crippen LogP contribution in [0.4, 0.5) is 0 Å². The second-order valence-electron chi connectivity index (χ2n) is 5.14. The summed E-state index contributed by atoms with van der Waals surface area (Å²) in [6.45, 7) is 2.29. The fourth-order valence-corrected chi connectivity index (χ4v) is 9.02. The molecule has 0 amide bonds. The van der Waals surface area contributed by atoms with Crippen LogP contribution in [0.15, 0.2) is 60.7 Å². The fourth-order valence-electron chi connectivity index (χ4n) is 2.18. The Hall–Kier alpha value is -0.521. The molecule has 0 bridgehead atoms. The van der Waals surface area contributed by atoms with E-state index in [1.807, 2.05) is 0 Å². The normalized spacial score (nSPS) is 11.0. The van der Waals surface area contributed by atoms with E-state index in [-0.39, 0.29) is 0 Å². The molecule has 0 aromatic heterocycles. The Kier molecular flexibility index (Phi) is 8.22. The monoisotopic (exact) mass is 412 g/mol. The van der Waals surface area contributed by atoms with E-state index in [0.29, 0.717) is 29.9 Å². The summed E-state index contributed by atoms with van der Waals surface area (Å²) >= 11 is 1.23. The van der Waals surface area contributed by atoms with Crippen molar-refractivity contribution in [3.63, 3.8) is 0 Å². The molecule has 0 fully saturated rings. The average molecular weight is 410 g/mol. The molecule has 0 saturated carbocycles. The third-order valence-corrected chi connectivity index (χ3v) is 9.79. The number of rotatable bonds is 9. The molecule has 0 N–H and O–H groups in total. The average Bonchev–Trinajstić information content (AvgIpc) is 2.53. The van der Waals surface area contributed by atoms with Crippen LogP contribution < -0.4 is 8.92 Å².